The zero-order chi connectivity index (χ0) is 17.9. The molecule has 0 saturated carbocycles. The minimum absolute atomic E-state index is 0.0575. The maximum atomic E-state index is 12.8. The molecule has 0 aliphatic carbocycles. The summed E-state index contributed by atoms with van der Waals surface area (Å²) >= 11 is 0. The van der Waals surface area contributed by atoms with Crippen molar-refractivity contribution in [2.24, 2.45) is 0 Å². The van der Waals surface area contributed by atoms with Gasteiger partial charge in [-0.25, -0.2) is 5.01 Å². The number of rotatable bonds is 3. The molecule has 2 aliphatic rings. The van der Waals surface area contributed by atoms with Gasteiger partial charge in [-0.3, -0.25) is 4.79 Å². The Bertz CT molecular complexity index is 869. The van der Waals surface area contributed by atoms with Gasteiger partial charge < -0.3 is 14.2 Å². The fourth-order valence-electron chi connectivity index (χ4n) is 3.31. The van der Waals surface area contributed by atoms with Crippen molar-refractivity contribution in [1.82, 2.24) is 10.5 Å². The number of furan rings is 1. The minimum atomic E-state index is -0.136. The molecule has 1 atom stereocenters. The maximum absolute atomic E-state index is 12.8. The van der Waals surface area contributed by atoms with Gasteiger partial charge in [-0.2, -0.15) is 5.26 Å². The first-order chi connectivity index (χ1) is 12.8. The van der Waals surface area contributed by atoms with Gasteiger partial charge in [0.1, 0.15) is 6.26 Å². The molecule has 26 heavy (non-hydrogen) atoms. The lowest BCUT2D eigenvalue weighted by Crippen LogP contribution is -2.45. The summed E-state index contributed by atoms with van der Waals surface area (Å²) in [6.45, 7) is 0.680. The van der Waals surface area contributed by atoms with Crippen molar-refractivity contribution >= 4 is 11.6 Å². The van der Waals surface area contributed by atoms with Gasteiger partial charge in [-0.1, -0.05) is 11.7 Å². The molecule has 7 nitrogen and oxygen atoms in total. The first-order valence-corrected chi connectivity index (χ1v) is 8.53. The number of piperidine rings is 1. The van der Waals surface area contributed by atoms with Crippen molar-refractivity contribution in [1.29, 1.82) is 5.26 Å². The van der Waals surface area contributed by atoms with E-state index in [0.717, 1.165) is 24.9 Å². The minimum Gasteiger partial charge on any atom is -0.472 e. The van der Waals surface area contributed by atoms with E-state index < -0.39 is 0 Å². The smallest absolute Gasteiger partial charge is 0.257 e. The molecule has 0 radical (unpaired) electrons. The average Bonchev–Trinajstić information content (AvgIpc) is 3.39. The van der Waals surface area contributed by atoms with E-state index in [-0.39, 0.29) is 11.9 Å². The van der Waals surface area contributed by atoms with Crippen LogP contribution in [-0.2, 0) is 4.84 Å². The van der Waals surface area contributed by atoms with E-state index in [1.807, 2.05) is 23.2 Å². The molecular formula is C19H18N4O3. The number of amides is 1. The van der Waals surface area contributed by atoms with Crippen LogP contribution in [0.1, 0.15) is 35.2 Å². The Morgan fingerprint density at radius 2 is 2.23 bits per heavy atom. The number of hydrogen-bond donors (Lipinski definition) is 1. The number of likely N-dealkylation sites (tertiary alicyclic amines) is 1. The Morgan fingerprint density at radius 1 is 1.31 bits per heavy atom. The van der Waals surface area contributed by atoms with Crippen molar-refractivity contribution in [2.75, 3.05) is 11.6 Å². The van der Waals surface area contributed by atoms with E-state index in [0.29, 0.717) is 23.4 Å². The molecule has 1 unspecified atom stereocenters. The van der Waals surface area contributed by atoms with Crippen LogP contribution in [0.5, 0.6) is 0 Å². The summed E-state index contributed by atoms with van der Waals surface area (Å²) in [5.74, 6) is 0.627. The van der Waals surface area contributed by atoms with Gasteiger partial charge >= 0.3 is 0 Å². The van der Waals surface area contributed by atoms with Crippen molar-refractivity contribution in [3.63, 3.8) is 0 Å². The second kappa shape index (κ2) is 6.94. The first-order valence-electron chi connectivity index (χ1n) is 8.53. The highest BCUT2D eigenvalue weighted by Crippen LogP contribution is 2.29. The highest BCUT2D eigenvalue weighted by molar-refractivity contribution is 5.94. The van der Waals surface area contributed by atoms with Crippen LogP contribution in [0.2, 0.25) is 0 Å². The lowest BCUT2D eigenvalue weighted by Gasteiger charge is -2.34. The molecule has 2 aliphatic heterocycles. The van der Waals surface area contributed by atoms with Crippen molar-refractivity contribution in [3.05, 3.63) is 65.9 Å². The van der Waals surface area contributed by atoms with Crippen LogP contribution in [0.25, 0.3) is 0 Å². The van der Waals surface area contributed by atoms with Gasteiger partial charge in [-0.05, 0) is 43.5 Å². The Hall–Kier alpha value is -3.24. The molecule has 4 rings (SSSR count). The van der Waals surface area contributed by atoms with E-state index >= 15 is 0 Å². The number of nitriles is 1. The van der Waals surface area contributed by atoms with Crippen LogP contribution in [0.15, 0.2) is 59.2 Å². The number of carbonyl (C=O) groups is 1. The summed E-state index contributed by atoms with van der Waals surface area (Å²) in [5, 5.41) is 10.8. The number of nitrogens with zero attached hydrogens (tertiary/aromatic N) is 3. The number of hydrogen-bond acceptors (Lipinski definition) is 6. The van der Waals surface area contributed by atoms with E-state index in [1.165, 1.54) is 12.5 Å². The van der Waals surface area contributed by atoms with Gasteiger partial charge in [0.15, 0.2) is 5.76 Å². The van der Waals surface area contributed by atoms with Crippen LogP contribution < -0.4 is 10.6 Å². The average molecular weight is 350 g/mol. The van der Waals surface area contributed by atoms with E-state index in [4.69, 9.17) is 14.5 Å². The molecule has 132 valence electrons. The van der Waals surface area contributed by atoms with Gasteiger partial charge in [0, 0.05) is 6.54 Å². The standard InChI is InChI=1S/C19H18N4O3/c20-11-14-4-3-5-16(10-14)23-12-18(26-21-23)17-6-1-2-8-22(17)19(24)15-7-9-25-13-15/h3-5,7,9-10,12-13,17,21H,1-2,6,8H2. The fourth-order valence-corrected chi connectivity index (χ4v) is 3.31. The molecule has 0 spiro atoms. The lowest BCUT2D eigenvalue weighted by atomic mass is 9.99. The molecule has 1 fully saturated rings. The summed E-state index contributed by atoms with van der Waals surface area (Å²) in [4.78, 5) is 20.3. The molecule has 2 aromatic rings. The number of nitrogens with one attached hydrogen (secondary N) is 1. The van der Waals surface area contributed by atoms with Crippen molar-refractivity contribution < 1.29 is 14.0 Å². The second-order valence-corrected chi connectivity index (χ2v) is 6.28. The van der Waals surface area contributed by atoms with Crippen molar-refractivity contribution in [3.8, 4) is 6.07 Å². The number of benzene rings is 1. The van der Waals surface area contributed by atoms with Crippen molar-refractivity contribution in [2.45, 2.75) is 25.3 Å². The van der Waals surface area contributed by atoms with Crippen LogP contribution >= 0.6 is 0 Å². The molecular weight excluding hydrogens is 332 g/mol. The molecule has 1 amide bonds. The number of carbonyl (C=O) groups excluding carboxylic acids is 1. The van der Waals surface area contributed by atoms with Crippen LogP contribution in [0, 0.1) is 11.3 Å². The van der Waals surface area contributed by atoms with Gasteiger partial charge in [0.25, 0.3) is 5.91 Å². The lowest BCUT2D eigenvalue weighted by molar-refractivity contribution is 0.0455. The summed E-state index contributed by atoms with van der Waals surface area (Å²) in [6.07, 6.45) is 7.64. The molecule has 3 heterocycles. The molecule has 0 bridgehead atoms. The van der Waals surface area contributed by atoms with Crippen LogP contribution in [-0.4, -0.2) is 23.4 Å². The summed E-state index contributed by atoms with van der Waals surface area (Å²) in [7, 11) is 0. The summed E-state index contributed by atoms with van der Waals surface area (Å²) < 4.78 is 5.04. The topological polar surface area (TPSA) is 81.7 Å². The summed E-state index contributed by atoms with van der Waals surface area (Å²) in [5.41, 5.74) is 4.75. The molecule has 1 aromatic heterocycles. The van der Waals surface area contributed by atoms with E-state index in [2.05, 4.69) is 11.7 Å². The largest absolute Gasteiger partial charge is 0.472 e. The molecule has 7 heteroatoms. The third-order valence-electron chi connectivity index (χ3n) is 4.63. The Kier molecular flexibility index (Phi) is 4.33. The van der Waals surface area contributed by atoms with E-state index in [1.54, 1.807) is 23.2 Å². The first kappa shape index (κ1) is 16.2. The Morgan fingerprint density at radius 3 is 3.04 bits per heavy atom. The zero-order valence-corrected chi connectivity index (χ0v) is 14.1. The normalized spacial score (nSPS) is 19.7. The highest BCUT2D eigenvalue weighted by atomic mass is 16.7. The fraction of sp³-hybridized carbons (Fsp3) is 0.263. The number of hydrazine groups is 1. The molecule has 1 N–H and O–H groups in total. The third-order valence-corrected chi connectivity index (χ3v) is 4.63. The Balaban J connectivity index is 1.57. The number of anilines is 1. The summed E-state index contributed by atoms with van der Waals surface area (Å²) in [6, 6.07) is 10.9. The quantitative estimate of drug-likeness (QED) is 0.916. The highest BCUT2D eigenvalue weighted by Gasteiger charge is 2.34. The predicted molar refractivity (Wildman–Crippen MR) is 93.3 cm³/mol. The SMILES string of the molecule is N#Cc1cccc(N2C=C(C3CCCCN3C(=O)c3ccoc3)ON2)c1. The van der Waals surface area contributed by atoms with Crippen LogP contribution in [0.3, 0.4) is 0 Å². The van der Waals surface area contributed by atoms with Gasteiger partial charge in [-0.15, -0.1) is 0 Å². The Labute approximate surface area is 151 Å². The molecule has 1 aromatic carbocycles. The molecule has 1 saturated heterocycles. The zero-order valence-electron chi connectivity index (χ0n) is 14.1. The van der Waals surface area contributed by atoms with Gasteiger partial charge in [0.05, 0.1) is 41.4 Å². The third kappa shape index (κ3) is 3.03. The maximum Gasteiger partial charge on any atom is 0.257 e. The van der Waals surface area contributed by atoms with Gasteiger partial charge in [0.2, 0.25) is 0 Å². The predicted octanol–water partition coefficient (Wildman–Crippen LogP) is 2.94. The monoisotopic (exact) mass is 350 g/mol. The van der Waals surface area contributed by atoms with Crippen LogP contribution in [0.4, 0.5) is 5.69 Å². The van der Waals surface area contributed by atoms with E-state index in [9.17, 15) is 4.79 Å². The second-order valence-electron chi connectivity index (χ2n) is 6.28.